The number of hydrogen-bond donors (Lipinski definition) is 1. The molecule has 1 unspecified atom stereocenters. The topological polar surface area (TPSA) is 65.0 Å². The molecule has 0 radical (unpaired) electrons. The Bertz CT molecular complexity index is 436. The monoisotopic (exact) mass is 346 g/mol. The minimum absolute atomic E-state index is 0.247. The molecule has 0 aliphatic carbocycles. The molecule has 112 valence electrons. The van der Waals surface area contributed by atoms with Gasteiger partial charge < -0.3 is 19.3 Å². The zero-order valence-electron chi connectivity index (χ0n) is 11.6. The summed E-state index contributed by atoms with van der Waals surface area (Å²) in [7, 11) is 2.92. The van der Waals surface area contributed by atoms with Crippen LogP contribution in [0.2, 0.25) is 0 Å². The third-order valence-corrected chi connectivity index (χ3v) is 3.33. The number of carbonyl (C=O) groups is 1. The molecule has 1 aromatic carbocycles. The largest absolute Gasteiger partial charge is 0.496 e. The first-order chi connectivity index (χ1) is 9.62. The Labute approximate surface area is 127 Å². The summed E-state index contributed by atoms with van der Waals surface area (Å²) in [5.74, 6) is 0.313. The lowest BCUT2D eigenvalue weighted by Gasteiger charge is -2.14. The number of methoxy groups -OCH3 is 2. The molecule has 0 aromatic heterocycles. The zero-order valence-corrected chi connectivity index (χ0v) is 13.2. The molecule has 0 saturated heterocycles. The fourth-order valence-electron chi connectivity index (χ4n) is 1.70. The normalized spacial score (nSPS) is 11.9. The first-order valence-electron chi connectivity index (χ1n) is 6.23. The number of alkyl halides is 1. The molecule has 0 saturated carbocycles. The summed E-state index contributed by atoms with van der Waals surface area (Å²) < 4.78 is 15.8. The molecule has 0 aliphatic heterocycles. The van der Waals surface area contributed by atoms with Crippen molar-refractivity contribution in [2.45, 2.75) is 18.9 Å². The van der Waals surface area contributed by atoms with Crippen molar-refractivity contribution >= 4 is 21.9 Å². The third-order valence-electron chi connectivity index (χ3n) is 2.77. The Morgan fingerprint density at radius 1 is 1.40 bits per heavy atom. The van der Waals surface area contributed by atoms with Gasteiger partial charge >= 0.3 is 5.97 Å². The summed E-state index contributed by atoms with van der Waals surface area (Å²) >= 11 is 3.34. The van der Waals surface area contributed by atoms with E-state index >= 15 is 0 Å². The summed E-state index contributed by atoms with van der Waals surface area (Å²) in [5, 5.41) is 9.89. The number of hydrogen-bond acceptors (Lipinski definition) is 4. The molecule has 0 heterocycles. The highest BCUT2D eigenvalue weighted by Gasteiger charge is 2.19. The third kappa shape index (κ3) is 5.02. The number of carboxylic acid groups (broad SMARTS) is 1. The van der Waals surface area contributed by atoms with E-state index < -0.39 is 12.1 Å². The predicted molar refractivity (Wildman–Crippen MR) is 79.0 cm³/mol. The van der Waals surface area contributed by atoms with Crippen LogP contribution in [0.25, 0.3) is 0 Å². The highest BCUT2D eigenvalue weighted by atomic mass is 79.9. The van der Waals surface area contributed by atoms with Gasteiger partial charge in [0, 0.05) is 24.9 Å². The minimum Gasteiger partial charge on any atom is -0.496 e. The van der Waals surface area contributed by atoms with E-state index in [0.717, 1.165) is 17.3 Å². The van der Waals surface area contributed by atoms with Crippen molar-refractivity contribution in [3.8, 4) is 11.5 Å². The summed E-state index contributed by atoms with van der Waals surface area (Å²) in [6.45, 7) is 0.615. The summed E-state index contributed by atoms with van der Waals surface area (Å²) in [4.78, 5) is 11.0. The highest BCUT2D eigenvalue weighted by Crippen LogP contribution is 2.26. The molecule has 6 heteroatoms. The number of benzene rings is 1. The van der Waals surface area contributed by atoms with Gasteiger partial charge in [0.2, 0.25) is 0 Å². The standard InChI is InChI=1S/C14H19BrO5/c1-18-12-9-11(20-7-3-6-15)5-4-10(12)8-13(19-2)14(16)17/h4-5,9,13H,3,6-8H2,1-2H3,(H,16,17). The van der Waals surface area contributed by atoms with Crippen molar-refractivity contribution in [1.29, 1.82) is 0 Å². The van der Waals surface area contributed by atoms with Crippen molar-refractivity contribution in [3.63, 3.8) is 0 Å². The van der Waals surface area contributed by atoms with Crippen molar-refractivity contribution in [3.05, 3.63) is 23.8 Å². The molecule has 0 fully saturated rings. The van der Waals surface area contributed by atoms with Crippen LogP contribution in [0.4, 0.5) is 0 Å². The van der Waals surface area contributed by atoms with Crippen molar-refractivity contribution in [2.24, 2.45) is 0 Å². The van der Waals surface area contributed by atoms with Gasteiger partial charge in [-0.1, -0.05) is 22.0 Å². The molecular formula is C14H19BrO5. The Kier molecular flexibility index (Phi) is 7.40. The van der Waals surface area contributed by atoms with Gasteiger partial charge in [0.1, 0.15) is 11.5 Å². The average molecular weight is 347 g/mol. The second-order valence-electron chi connectivity index (χ2n) is 4.13. The lowest BCUT2D eigenvalue weighted by Crippen LogP contribution is -2.25. The predicted octanol–water partition coefficient (Wildman–Crippen LogP) is 2.50. The van der Waals surface area contributed by atoms with E-state index in [1.165, 1.54) is 7.11 Å². The summed E-state index contributed by atoms with van der Waals surface area (Å²) in [6.07, 6.45) is 0.273. The number of halogens is 1. The van der Waals surface area contributed by atoms with Crippen LogP contribution in [0.1, 0.15) is 12.0 Å². The van der Waals surface area contributed by atoms with Crippen LogP contribution >= 0.6 is 15.9 Å². The second-order valence-corrected chi connectivity index (χ2v) is 4.92. The first-order valence-corrected chi connectivity index (χ1v) is 7.35. The van der Waals surface area contributed by atoms with Gasteiger partial charge in [-0.2, -0.15) is 0 Å². The smallest absolute Gasteiger partial charge is 0.333 e. The fraction of sp³-hybridized carbons (Fsp3) is 0.500. The van der Waals surface area contributed by atoms with Crippen LogP contribution in [-0.4, -0.2) is 43.3 Å². The van der Waals surface area contributed by atoms with Crippen LogP contribution < -0.4 is 9.47 Å². The molecule has 1 N–H and O–H groups in total. The Hall–Kier alpha value is -1.27. The van der Waals surface area contributed by atoms with E-state index in [1.807, 2.05) is 0 Å². The van der Waals surface area contributed by atoms with Gasteiger partial charge in [-0.3, -0.25) is 0 Å². The molecule has 1 aromatic rings. The van der Waals surface area contributed by atoms with Crippen molar-refractivity contribution in [2.75, 3.05) is 26.2 Å². The molecule has 20 heavy (non-hydrogen) atoms. The van der Waals surface area contributed by atoms with Gasteiger partial charge in [-0.15, -0.1) is 0 Å². The fourth-order valence-corrected chi connectivity index (χ4v) is 1.93. The van der Waals surface area contributed by atoms with Crippen LogP contribution in [0, 0.1) is 0 Å². The SMILES string of the molecule is COc1cc(OCCCBr)ccc1CC(OC)C(=O)O. The van der Waals surface area contributed by atoms with E-state index in [1.54, 1.807) is 25.3 Å². The van der Waals surface area contributed by atoms with E-state index in [2.05, 4.69) is 15.9 Å². The molecule has 0 spiro atoms. The molecule has 0 amide bonds. The number of rotatable bonds is 9. The lowest BCUT2D eigenvalue weighted by atomic mass is 10.1. The van der Waals surface area contributed by atoms with Crippen LogP contribution in [0.5, 0.6) is 11.5 Å². The lowest BCUT2D eigenvalue weighted by molar-refractivity contribution is -0.148. The number of ether oxygens (including phenoxy) is 3. The quantitative estimate of drug-likeness (QED) is 0.549. The Balaban J connectivity index is 2.79. The maximum absolute atomic E-state index is 11.0. The van der Waals surface area contributed by atoms with Crippen molar-refractivity contribution in [1.82, 2.24) is 0 Å². The van der Waals surface area contributed by atoms with Crippen molar-refractivity contribution < 1.29 is 24.1 Å². The molecule has 5 nitrogen and oxygen atoms in total. The molecule has 1 atom stereocenters. The second kappa shape index (κ2) is 8.81. The maximum Gasteiger partial charge on any atom is 0.333 e. The highest BCUT2D eigenvalue weighted by molar-refractivity contribution is 9.09. The van der Waals surface area contributed by atoms with Crippen LogP contribution in [-0.2, 0) is 16.0 Å². The van der Waals surface area contributed by atoms with Gasteiger partial charge in [-0.25, -0.2) is 4.79 Å². The van der Waals surface area contributed by atoms with E-state index in [-0.39, 0.29) is 6.42 Å². The number of aliphatic carboxylic acids is 1. The summed E-state index contributed by atoms with van der Waals surface area (Å²) in [6, 6.07) is 5.37. The molecule has 0 bridgehead atoms. The van der Waals surface area contributed by atoms with E-state index in [4.69, 9.17) is 19.3 Å². The van der Waals surface area contributed by atoms with Crippen LogP contribution in [0.15, 0.2) is 18.2 Å². The van der Waals surface area contributed by atoms with Gasteiger partial charge in [-0.05, 0) is 18.1 Å². The van der Waals surface area contributed by atoms with Gasteiger partial charge in [0.25, 0.3) is 0 Å². The Morgan fingerprint density at radius 2 is 2.15 bits per heavy atom. The Morgan fingerprint density at radius 3 is 2.70 bits per heavy atom. The zero-order chi connectivity index (χ0) is 15.0. The molecular weight excluding hydrogens is 328 g/mol. The maximum atomic E-state index is 11.0. The van der Waals surface area contributed by atoms with Gasteiger partial charge in [0.05, 0.1) is 13.7 Å². The van der Waals surface area contributed by atoms with Crippen LogP contribution in [0.3, 0.4) is 0 Å². The summed E-state index contributed by atoms with van der Waals surface area (Å²) in [5.41, 5.74) is 0.773. The van der Waals surface area contributed by atoms with E-state index in [9.17, 15) is 4.79 Å². The molecule has 0 aliphatic rings. The first kappa shape index (κ1) is 16.8. The number of carboxylic acids is 1. The van der Waals surface area contributed by atoms with E-state index in [0.29, 0.717) is 18.1 Å². The molecule has 1 rings (SSSR count). The average Bonchev–Trinajstić information content (AvgIpc) is 2.45. The minimum atomic E-state index is -0.993. The van der Waals surface area contributed by atoms with Gasteiger partial charge in [0.15, 0.2) is 6.10 Å².